The number of hydrogen-bond donors (Lipinski definition) is 0. The summed E-state index contributed by atoms with van der Waals surface area (Å²) >= 11 is 0. The molecule has 28 heavy (non-hydrogen) atoms. The molecule has 0 aromatic heterocycles. The van der Waals surface area contributed by atoms with E-state index in [0.717, 1.165) is 42.5 Å². The standard InChI is InChI=1S/C23H23NO4/c1-24-19-10-9-16(13-17(19)14-21(24)26)20(25)15-28-22(27)23(11-5-6-12-23)18-7-3-2-4-8-18/h2-4,7-10,13H,5-6,11-12,14-15H2,1H3. The van der Waals surface area contributed by atoms with Crippen LogP contribution in [-0.4, -0.2) is 31.3 Å². The molecule has 144 valence electrons. The minimum absolute atomic E-state index is 0.0112. The highest BCUT2D eigenvalue weighted by atomic mass is 16.5. The quantitative estimate of drug-likeness (QED) is 0.591. The molecule has 1 aliphatic carbocycles. The zero-order valence-corrected chi connectivity index (χ0v) is 15.9. The molecule has 1 amide bonds. The molecule has 0 bridgehead atoms. The summed E-state index contributed by atoms with van der Waals surface area (Å²) in [5.41, 5.74) is 2.45. The summed E-state index contributed by atoms with van der Waals surface area (Å²) in [6.07, 6.45) is 3.74. The average Bonchev–Trinajstić information content (AvgIpc) is 3.32. The first-order valence-corrected chi connectivity index (χ1v) is 9.67. The summed E-state index contributed by atoms with van der Waals surface area (Å²) in [6.45, 7) is -0.282. The second-order valence-corrected chi connectivity index (χ2v) is 7.63. The van der Waals surface area contributed by atoms with E-state index in [-0.39, 0.29) is 24.3 Å². The summed E-state index contributed by atoms with van der Waals surface area (Å²) in [5.74, 6) is -0.558. The lowest BCUT2D eigenvalue weighted by Gasteiger charge is -2.27. The predicted octanol–water partition coefficient (Wildman–Crippen LogP) is 3.44. The number of nitrogens with zero attached hydrogens (tertiary/aromatic N) is 1. The van der Waals surface area contributed by atoms with Gasteiger partial charge in [-0.3, -0.25) is 14.4 Å². The maximum absolute atomic E-state index is 13.0. The first-order valence-electron chi connectivity index (χ1n) is 9.67. The lowest BCUT2D eigenvalue weighted by atomic mass is 9.79. The van der Waals surface area contributed by atoms with Crippen LogP contribution in [0.4, 0.5) is 5.69 Å². The molecule has 0 atom stereocenters. The molecule has 1 aliphatic heterocycles. The Morgan fingerprint density at radius 3 is 2.50 bits per heavy atom. The Kier molecular flexibility index (Phi) is 4.75. The Hall–Kier alpha value is -2.95. The number of likely N-dealkylation sites (N-methyl/N-ethyl adjacent to an activating group) is 1. The number of anilines is 1. The van der Waals surface area contributed by atoms with Gasteiger partial charge < -0.3 is 9.64 Å². The highest BCUT2D eigenvalue weighted by Gasteiger charge is 2.44. The summed E-state index contributed by atoms with van der Waals surface area (Å²) < 4.78 is 5.50. The number of carbonyl (C=O) groups excluding carboxylic acids is 3. The number of fused-ring (bicyclic) bond motifs is 1. The van der Waals surface area contributed by atoms with Gasteiger partial charge in [0.25, 0.3) is 0 Å². The van der Waals surface area contributed by atoms with Gasteiger partial charge in [-0.05, 0) is 42.2 Å². The smallest absolute Gasteiger partial charge is 0.317 e. The fourth-order valence-electron chi connectivity index (χ4n) is 4.34. The number of carbonyl (C=O) groups is 3. The monoisotopic (exact) mass is 377 g/mol. The van der Waals surface area contributed by atoms with Gasteiger partial charge in [0.1, 0.15) is 0 Å². The zero-order valence-electron chi connectivity index (χ0n) is 15.9. The fraction of sp³-hybridized carbons (Fsp3) is 0.348. The second kappa shape index (κ2) is 7.23. The Morgan fingerprint density at radius 1 is 1.07 bits per heavy atom. The van der Waals surface area contributed by atoms with Crippen molar-refractivity contribution in [2.24, 2.45) is 0 Å². The molecule has 1 heterocycles. The Labute approximate surface area is 164 Å². The van der Waals surface area contributed by atoms with E-state index in [0.29, 0.717) is 12.0 Å². The van der Waals surface area contributed by atoms with Crippen molar-refractivity contribution in [2.75, 3.05) is 18.6 Å². The van der Waals surface area contributed by atoms with E-state index in [1.165, 1.54) is 0 Å². The highest BCUT2D eigenvalue weighted by Crippen LogP contribution is 2.42. The summed E-state index contributed by atoms with van der Waals surface area (Å²) in [7, 11) is 1.72. The van der Waals surface area contributed by atoms with Crippen molar-refractivity contribution in [2.45, 2.75) is 37.5 Å². The number of amides is 1. The van der Waals surface area contributed by atoms with E-state index in [9.17, 15) is 14.4 Å². The molecule has 0 N–H and O–H groups in total. The van der Waals surface area contributed by atoms with E-state index in [2.05, 4.69) is 0 Å². The highest BCUT2D eigenvalue weighted by molar-refractivity contribution is 6.04. The van der Waals surface area contributed by atoms with Crippen LogP contribution in [0.2, 0.25) is 0 Å². The van der Waals surface area contributed by atoms with Crippen molar-refractivity contribution in [3.8, 4) is 0 Å². The Bertz CT molecular complexity index is 929. The van der Waals surface area contributed by atoms with Gasteiger partial charge in [-0.2, -0.15) is 0 Å². The van der Waals surface area contributed by atoms with Crippen LogP contribution in [0.3, 0.4) is 0 Å². The second-order valence-electron chi connectivity index (χ2n) is 7.63. The molecule has 2 aliphatic rings. The van der Waals surface area contributed by atoms with Crippen LogP contribution in [0.25, 0.3) is 0 Å². The van der Waals surface area contributed by atoms with Crippen molar-refractivity contribution < 1.29 is 19.1 Å². The molecule has 2 aromatic rings. The normalized spacial score (nSPS) is 17.5. The van der Waals surface area contributed by atoms with Gasteiger partial charge >= 0.3 is 5.97 Å². The molecule has 2 aromatic carbocycles. The van der Waals surface area contributed by atoms with Crippen molar-refractivity contribution in [3.63, 3.8) is 0 Å². The fourth-order valence-corrected chi connectivity index (χ4v) is 4.34. The number of rotatable bonds is 5. The van der Waals surface area contributed by atoms with E-state index in [4.69, 9.17) is 4.74 Å². The third-order valence-corrected chi connectivity index (χ3v) is 5.99. The number of ketones is 1. The van der Waals surface area contributed by atoms with Crippen molar-refractivity contribution in [1.82, 2.24) is 0 Å². The van der Waals surface area contributed by atoms with Crippen LogP contribution in [-0.2, 0) is 26.2 Å². The molecular weight excluding hydrogens is 354 g/mol. The average molecular weight is 377 g/mol. The maximum atomic E-state index is 13.0. The molecular formula is C23H23NO4. The van der Waals surface area contributed by atoms with Crippen LogP contribution in [0.5, 0.6) is 0 Å². The minimum atomic E-state index is -0.644. The first kappa shape index (κ1) is 18.4. The molecule has 5 heteroatoms. The number of hydrogen-bond acceptors (Lipinski definition) is 4. The summed E-state index contributed by atoms with van der Waals surface area (Å²) in [4.78, 5) is 38.9. The van der Waals surface area contributed by atoms with Crippen LogP contribution in [0.15, 0.2) is 48.5 Å². The van der Waals surface area contributed by atoms with Gasteiger partial charge in [-0.1, -0.05) is 43.2 Å². The Morgan fingerprint density at radius 2 is 1.79 bits per heavy atom. The molecule has 1 saturated carbocycles. The van der Waals surface area contributed by atoms with Crippen molar-refractivity contribution in [3.05, 3.63) is 65.2 Å². The lowest BCUT2D eigenvalue weighted by molar-refractivity contribution is -0.149. The number of ether oxygens (including phenoxy) is 1. The molecule has 0 saturated heterocycles. The minimum Gasteiger partial charge on any atom is -0.457 e. The molecule has 0 unspecified atom stereocenters. The van der Waals surface area contributed by atoms with E-state index in [1.807, 2.05) is 30.3 Å². The SMILES string of the molecule is CN1C(=O)Cc2cc(C(=O)COC(=O)C3(c4ccccc4)CCCC3)ccc21. The lowest BCUT2D eigenvalue weighted by Crippen LogP contribution is -2.35. The summed E-state index contributed by atoms with van der Waals surface area (Å²) in [6, 6.07) is 14.9. The van der Waals surface area contributed by atoms with Crippen molar-refractivity contribution in [1.29, 1.82) is 0 Å². The maximum Gasteiger partial charge on any atom is 0.317 e. The van der Waals surface area contributed by atoms with Gasteiger partial charge in [0.15, 0.2) is 12.4 Å². The van der Waals surface area contributed by atoms with Crippen molar-refractivity contribution >= 4 is 23.3 Å². The van der Waals surface area contributed by atoms with Crippen LogP contribution < -0.4 is 4.90 Å². The largest absolute Gasteiger partial charge is 0.457 e. The molecule has 0 radical (unpaired) electrons. The molecule has 5 nitrogen and oxygen atoms in total. The van der Waals surface area contributed by atoms with E-state index in [1.54, 1.807) is 30.1 Å². The van der Waals surface area contributed by atoms with E-state index < -0.39 is 5.41 Å². The zero-order chi connectivity index (χ0) is 19.7. The molecule has 0 spiro atoms. The topological polar surface area (TPSA) is 63.7 Å². The first-order chi connectivity index (χ1) is 13.5. The number of Topliss-reactive ketones (excluding diaryl/α,β-unsaturated/α-hetero) is 1. The van der Waals surface area contributed by atoms with Gasteiger partial charge in [-0.25, -0.2) is 0 Å². The third-order valence-electron chi connectivity index (χ3n) is 5.99. The predicted molar refractivity (Wildman–Crippen MR) is 105 cm³/mol. The van der Waals surface area contributed by atoms with Gasteiger partial charge in [0.05, 0.1) is 11.8 Å². The molecule has 1 fully saturated rings. The number of esters is 1. The van der Waals surface area contributed by atoms with E-state index >= 15 is 0 Å². The van der Waals surface area contributed by atoms with Crippen LogP contribution in [0.1, 0.15) is 47.2 Å². The third kappa shape index (κ3) is 3.11. The number of benzene rings is 2. The Balaban J connectivity index is 1.47. The van der Waals surface area contributed by atoms with Crippen LogP contribution >= 0.6 is 0 Å². The van der Waals surface area contributed by atoms with Gasteiger partial charge in [0, 0.05) is 18.3 Å². The van der Waals surface area contributed by atoms with Gasteiger partial charge in [0.2, 0.25) is 5.91 Å². The van der Waals surface area contributed by atoms with Gasteiger partial charge in [-0.15, -0.1) is 0 Å². The summed E-state index contributed by atoms with van der Waals surface area (Å²) in [5, 5.41) is 0. The molecule has 4 rings (SSSR count). The van der Waals surface area contributed by atoms with Crippen LogP contribution in [0, 0.1) is 0 Å².